The van der Waals surface area contributed by atoms with Gasteiger partial charge >= 0.3 is 0 Å². The Bertz CT molecular complexity index is 1040. The van der Waals surface area contributed by atoms with Gasteiger partial charge in [0, 0.05) is 12.0 Å². The highest BCUT2D eigenvalue weighted by Crippen LogP contribution is 2.33. The van der Waals surface area contributed by atoms with Gasteiger partial charge in [0.1, 0.15) is 11.6 Å². The van der Waals surface area contributed by atoms with Crippen LogP contribution < -0.4 is 4.74 Å². The third kappa shape index (κ3) is 4.28. The minimum Gasteiger partial charge on any atom is -0.497 e. The molecule has 3 aromatic rings. The number of methoxy groups -OCH3 is 1. The molecule has 1 atom stereocenters. The smallest absolute Gasteiger partial charge is 0.185 e. The summed E-state index contributed by atoms with van der Waals surface area (Å²) in [5.74, 6) is -0.245. The molecule has 0 saturated carbocycles. The number of benzene rings is 3. The fraction of sp³-hybridized carbons (Fsp3) is 0.136. The van der Waals surface area contributed by atoms with E-state index in [-0.39, 0.29) is 22.7 Å². The number of rotatable bonds is 7. The molecule has 0 fully saturated rings. The van der Waals surface area contributed by atoms with Crippen LogP contribution >= 0.6 is 0 Å². The standard InChI is InChI=1S/C22H19FO4S/c1-27-19-13-9-17(10-14-19)22(28(25,26)20-5-3-2-4-6-20)15-21(24)16-7-11-18(23)12-8-16/h2-14,22H,15H2,1H3/t22-/m1/s1. The monoisotopic (exact) mass is 398 g/mol. The second-order valence-electron chi connectivity index (χ2n) is 6.25. The summed E-state index contributed by atoms with van der Waals surface area (Å²) < 4.78 is 44.8. The van der Waals surface area contributed by atoms with E-state index in [2.05, 4.69) is 0 Å². The van der Waals surface area contributed by atoms with Gasteiger partial charge in [-0.15, -0.1) is 0 Å². The molecule has 0 aromatic heterocycles. The molecular formula is C22H19FO4S. The molecule has 3 rings (SSSR count). The molecule has 0 aliphatic heterocycles. The molecule has 0 spiro atoms. The van der Waals surface area contributed by atoms with E-state index in [1.54, 1.807) is 42.5 Å². The molecule has 3 aromatic carbocycles. The first-order valence-corrected chi connectivity index (χ1v) is 10.2. The Kier molecular flexibility index (Phi) is 5.90. The molecule has 0 aliphatic carbocycles. The maximum atomic E-state index is 13.3. The molecular weight excluding hydrogens is 379 g/mol. The van der Waals surface area contributed by atoms with Crippen LogP contribution in [-0.4, -0.2) is 21.3 Å². The van der Waals surface area contributed by atoms with Crippen molar-refractivity contribution in [1.29, 1.82) is 0 Å². The normalized spacial score (nSPS) is 12.4. The van der Waals surface area contributed by atoms with Crippen LogP contribution in [0.5, 0.6) is 5.75 Å². The Balaban J connectivity index is 2.01. The van der Waals surface area contributed by atoms with Crippen molar-refractivity contribution in [2.75, 3.05) is 7.11 Å². The lowest BCUT2D eigenvalue weighted by molar-refractivity contribution is 0.0980. The molecule has 0 N–H and O–H groups in total. The van der Waals surface area contributed by atoms with Gasteiger partial charge in [0.15, 0.2) is 15.6 Å². The van der Waals surface area contributed by atoms with E-state index in [0.29, 0.717) is 11.3 Å². The maximum Gasteiger partial charge on any atom is 0.185 e. The van der Waals surface area contributed by atoms with Crippen LogP contribution in [0, 0.1) is 5.82 Å². The van der Waals surface area contributed by atoms with E-state index >= 15 is 0 Å². The second-order valence-corrected chi connectivity index (χ2v) is 8.38. The molecule has 28 heavy (non-hydrogen) atoms. The van der Waals surface area contributed by atoms with Gasteiger partial charge in [-0.05, 0) is 54.1 Å². The zero-order valence-electron chi connectivity index (χ0n) is 15.2. The summed E-state index contributed by atoms with van der Waals surface area (Å²) in [6, 6.07) is 19.7. The number of hydrogen-bond acceptors (Lipinski definition) is 4. The largest absolute Gasteiger partial charge is 0.497 e. The number of ether oxygens (including phenoxy) is 1. The minimum absolute atomic E-state index is 0.141. The van der Waals surface area contributed by atoms with Crippen LogP contribution in [0.25, 0.3) is 0 Å². The highest BCUT2D eigenvalue weighted by molar-refractivity contribution is 7.91. The third-order valence-electron chi connectivity index (χ3n) is 4.47. The molecule has 0 unspecified atom stereocenters. The van der Waals surface area contributed by atoms with Gasteiger partial charge in [0.25, 0.3) is 0 Å². The highest BCUT2D eigenvalue weighted by atomic mass is 32.2. The molecule has 6 heteroatoms. The van der Waals surface area contributed by atoms with Crippen LogP contribution in [0.3, 0.4) is 0 Å². The Morgan fingerprint density at radius 2 is 1.54 bits per heavy atom. The zero-order valence-corrected chi connectivity index (χ0v) is 16.0. The van der Waals surface area contributed by atoms with Gasteiger partial charge in [-0.25, -0.2) is 12.8 Å². The van der Waals surface area contributed by atoms with Crippen molar-refractivity contribution in [1.82, 2.24) is 0 Å². The van der Waals surface area contributed by atoms with E-state index in [9.17, 15) is 17.6 Å². The number of halogens is 1. The van der Waals surface area contributed by atoms with Crippen molar-refractivity contribution in [2.24, 2.45) is 0 Å². The molecule has 4 nitrogen and oxygen atoms in total. The van der Waals surface area contributed by atoms with E-state index < -0.39 is 20.9 Å². The second kappa shape index (κ2) is 8.35. The lowest BCUT2D eigenvalue weighted by Gasteiger charge is -2.18. The Morgan fingerprint density at radius 3 is 2.11 bits per heavy atom. The quantitative estimate of drug-likeness (QED) is 0.545. The molecule has 0 aliphatic rings. The fourth-order valence-corrected chi connectivity index (χ4v) is 4.67. The van der Waals surface area contributed by atoms with Crippen molar-refractivity contribution in [2.45, 2.75) is 16.6 Å². The van der Waals surface area contributed by atoms with Gasteiger partial charge < -0.3 is 4.74 Å². The van der Waals surface area contributed by atoms with Crippen molar-refractivity contribution in [3.8, 4) is 5.75 Å². The Morgan fingerprint density at radius 1 is 0.929 bits per heavy atom. The first kappa shape index (κ1) is 19.8. The summed E-state index contributed by atoms with van der Waals surface area (Å²) in [6.45, 7) is 0. The van der Waals surface area contributed by atoms with Crippen molar-refractivity contribution < 1.29 is 22.3 Å². The van der Waals surface area contributed by atoms with Crippen LogP contribution in [0.15, 0.2) is 83.8 Å². The number of ketones is 1. The summed E-state index contributed by atoms with van der Waals surface area (Å²) in [5.41, 5.74) is 0.753. The summed E-state index contributed by atoms with van der Waals surface area (Å²) in [6.07, 6.45) is -0.255. The van der Waals surface area contributed by atoms with Crippen molar-refractivity contribution in [3.05, 3.63) is 95.8 Å². The van der Waals surface area contributed by atoms with Gasteiger partial charge in [-0.2, -0.15) is 0 Å². The average molecular weight is 398 g/mol. The number of carbonyl (C=O) groups is 1. The highest BCUT2D eigenvalue weighted by Gasteiger charge is 2.31. The average Bonchev–Trinajstić information content (AvgIpc) is 2.73. The topological polar surface area (TPSA) is 60.4 Å². The molecule has 0 bridgehead atoms. The summed E-state index contributed by atoms with van der Waals surface area (Å²) >= 11 is 0. The van der Waals surface area contributed by atoms with E-state index in [4.69, 9.17) is 4.74 Å². The minimum atomic E-state index is -3.82. The van der Waals surface area contributed by atoms with Crippen LogP contribution in [0.4, 0.5) is 4.39 Å². The third-order valence-corrected chi connectivity index (χ3v) is 6.59. The van der Waals surface area contributed by atoms with Crippen molar-refractivity contribution >= 4 is 15.6 Å². The van der Waals surface area contributed by atoms with E-state index in [0.717, 1.165) is 0 Å². The molecule has 144 valence electrons. The molecule has 0 saturated heterocycles. The molecule has 0 heterocycles. The van der Waals surface area contributed by atoms with Crippen LogP contribution in [-0.2, 0) is 9.84 Å². The number of carbonyl (C=O) groups excluding carboxylic acids is 1. The fourth-order valence-electron chi connectivity index (χ4n) is 2.92. The summed E-state index contributed by atoms with van der Waals surface area (Å²) in [4.78, 5) is 12.9. The van der Waals surface area contributed by atoms with E-state index in [1.165, 1.54) is 43.5 Å². The predicted molar refractivity (Wildman–Crippen MR) is 105 cm³/mol. The number of sulfone groups is 1. The van der Waals surface area contributed by atoms with Gasteiger partial charge in [-0.1, -0.05) is 30.3 Å². The lowest BCUT2D eigenvalue weighted by atomic mass is 10.0. The van der Waals surface area contributed by atoms with Crippen LogP contribution in [0.2, 0.25) is 0 Å². The zero-order chi connectivity index (χ0) is 20.1. The first-order chi connectivity index (χ1) is 13.4. The Hall–Kier alpha value is -2.99. The van der Waals surface area contributed by atoms with Crippen LogP contribution in [0.1, 0.15) is 27.6 Å². The van der Waals surface area contributed by atoms with Crippen molar-refractivity contribution in [3.63, 3.8) is 0 Å². The predicted octanol–water partition coefficient (Wildman–Crippen LogP) is 4.62. The maximum absolute atomic E-state index is 13.3. The van der Waals surface area contributed by atoms with Gasteiger partial charge in [0.2, 0.25) is 0 Å². The van der Waals surface area contributed by atoms with Gasteiger partial charge in [-0.3, -0.25) is 4.79 Å². The Labute approximate surface area is 163 Å². The molecule has 0 radical (unpaired) electrons. The number of hydrogen-bond donors (Lipinski definition) is 0. The lowest BCUT2D eigenvalue weighted by Crippen LogP contribution is -2.18. The summed E-state index contributed by atoms with van der Waals surface area (Å²) in [5, 5.41) is -1.07. The van der Waals surface area contributed by atoms with E-state index in [1.807, 2.05) is 0 Å². The first-order valence-electron chi connectivity index (χ1n) is 8.63. The molecule has 0 amide bonds. The SMILES string of the molecule is COc1ccc([C@@H](CC(=O)c2ccc(F)cc2)S(=O)(=O)c2ccccc2)cc1. The van der Waals surface area contributed by atoms with Gasteiger partial charge in [0.05, 0.1) is 17.3 Å². The number of Topliss-reactive ketones (excluding diaryl/α,β-unsaturated/α-hetero) is 1. The summed E-state index contributed by atoms with van der Waals surface area (Å²) in [7, 11) is -2.30.